The topological polar surface area (TPSA) is 83.7 Å². The van der Waals surface area contributed by atoms with Crippen LogP contribution in [0.4, 0.5) is 5.69 Å². The van der Waals surface area contributed by atoms with Crippen LogP contribution in [0.2, 0.25) is 0 Å². The van der Waals surface area contributed by atoms with Crippen molar-refractivity contribution in [3.8, 4) is 0 Å². The highest BCUT2D eigenvalue weighted by Gasteiger charge is 2.37. The van der Waals surface area contributed by atoms with E-state index < -0.39 is 10.0 Å². The average molecular weight is 337 g/mol. The molecule has 2 N–H and O–H groups in total. The van der Waals surface area contributed by atoms with Gasteiger partial charge in [-0.3, -0.25) is 4.79 Å². The summed E-state index contributed by atoms with van der Waals surface area (Å²) < 4.78 is 27.4. The predicted octanol–water partition coefficient (Wildman–Crippen LogP) is 0.953. The van der Waals surface area contributed by atoms with Gasteiger partial charge in [0.1, 0.15) is 0 Å². The molecule has 6 nitrogen and oxygen atoms in total. The zero-order valence-electron chi connectivity index (χ0n) is 13.5. The SMILES string of the molecule is CC(=O)N1CCc2cc(S(=O)(=O)N3CC(CN)CC3C)ccc21. The highest BCUT2D eigenvalue weighted by atomic mass is 32.2. The highest BCUT2D eigenvalue weighted by molar-refractivity contribution is 7.89. The first-order chi connectivity index (χ1) is 10.8. The fourth-order valence-electron chi connectivity index (χ4n) is 3.62. The lowest BCUT2D eigenvalue weighted by Crippen LogP contribution is -2.34. The van der Waals surface area contributed by atoms with Gasteiger partial charge in [0.25, 0.3) is 0 Å². The summed E-state index contributed by atoms with van der Waals surface area (Å²) in [4.78, 5) is 13.6. The van der Waals surface area contributed by atoms with Gasteiger partial charge in [-0.2, -0.15) is 4.31 Å². The van der Waals surface area contributed by atoms with Gasteiger partial charge in [0.05, 0.1) is 4.90 Å². The number of sulfonamides is 1. The van der Waals surface area contributed by atoms with Crippen molar-refractivity contribution in [2.45, 2.75) is 37.6 Å². The molecule has 0 saturated carbocycles. The van der Waals surface area contributed by atoms with Crippen LogP contribution in [0.15, 0.2) is 23.1 Å². The Balaban J connectivity index is 1.92. The van der Waals surface area contributed by atoms with Gasteiger partial charge in [-0.25, -0.2) is 8.42 Å². The first-order valence-electron chi connectivity index (χ1n) is 7.97. The quantitative estimate of drug-likeness (QED) is 0.890. The molecule has 7 heteroatoms. The zero-order valence-corrected chi connectivity index (χ0v) is 14.3. The number of nitrogens with two attached hydrogens (primary N) is 1. The van der Waals surface area contributed by atoms with Gasteiger partial charge in [-0.1, -0.05) is 0 Å². The van der Waals surface area contributed by atoms with Crippen LogP contribution in [0.25, 0.3) is 0 Å². The molecule has 2 unspecified atom stereocenters. The smallest absolute Gasteiger partial charge is 0.243 e. The van der Waals surface area contributed by atoms with Crippen molar-refractivity contribution < 1.29 is 13.2 Å². The van der Waals surface area contributed by atoms with E-state index in [4.69, 9.17) is 5.73 Å². The van der Waals surface area contributed by atoms with Crippen LogP contribution in [-0.4, -0.2) is 44.3 Å². The fourth-order valence-corrected chi connectivity index (χ4v) is 5.38. The number of hydrogen-bond acceptors (Lipinski definition) is 4. The number of carbonyl (C=O) groups is 1. The third kappa shape index (κ3) is 2.77. The standard InChI is InChI=1S/C16H23N3O3S/c1-11-7-13(9-17)10-19(11)23(21,22)15-3-4-16-14(8-15)5-6-18(16)12(2)20/h3-4,8,11,13H,5-7,9-10,17H2,1-2H3. The van der Waals surface area contributed by atoms with E-state index in [-0.39, 0.29) is 17.9 Å². The maximum Gasteiger partial charge on any atom is 0.243 e. The second-order valence-corrected chi connectivity index (χ2v) is 8.36. The Morgan fingerprint density at radius 1 is 1.39 bits per heavy atom. The molecule has 23 heavy (non-hydrogen) atoms. The van der Waals surface area contributed by atoms with Crippen molar-refractivity contribution in [2.75, 3.05) is 24.5 Å². The van der Waals surface area contributed by atoms with Crippen molar-refractivity contribution in [2.24, 2.45) is 11.7 Å². The second kappa shape index (κ2) is 5.89. The minimum absolute atomic E-state index is 0.0155. The van der Waals surface area contributed by atoms with Gasteiger partial charge < -0.3 is 10.6 Å². The van der Waals surface area contributed by atoms with E-state index in [1.165, 1.54) is 6.92 Å². The molecule has 1 aromatic carbocycles. The monoisotopic (exact) mass is 337 g/mol. The first-order valence-corrected chi connectivity index (χ1v) is 9.41. The Labute approximate surface area is 137 Å². The number of amides is 1. The van der Waals surface area contributed by atoms with E-state index in [0.717, 1.165) is 17.7 Å². The summed E-state index contributed by atoms with van der Waals surface area (Å²) in [5.74, 6) is 0.209. The molecule has 2 atom stereocenters. The Morgan fingerprint density at radius 2 is 2.13 bits per heavy atom. The fraction of sp³-hybridized carbons (Fsp3) is 0.562. The predicted molar refractivity (Wildman–Crippen MR) is 88.7 cm³/mol. The van der Waals surface area contributed by atoms with Crippen LogP contribution in [0.5, 0.6) is 0 Å². The molecule has 0 aliphatic carbocycles. The summed E-state index contributed by atoms with van der Waals surface area (Å²) in [6, 6.07) is 5.04. The Bertz CT molecular complexity index is 732. The number of nitrogens with zero attached hydrogens (tertiary/aromatic N) is 2. The van der Waals surface area contributed by atoms with E-state index in [0.29, 0.717) is 31.0 Å². The van der Waals surface area contributed by atoms with Gasteiger partial charge in [0, 0.05) is 31.7 Å². The Hall–Kier alpha value is -1.44. The lowest BCUT2D eigenvalue weighted by molar-refractivity contribution is -0.116. The highest BCUT2D eigenvalue weighted by Crippen LogP contribution is 2.33. The second-order valence-electron chi connectivity index (χ2n) is 6.47. The third-order valence-corrected chi connectivity index (χ3v) is 6.85. The molecule has 3 rings (SSSR count). The van der Waals surface area contributed by atoms with Crippen molar-refractivity contribution in [1.29, 1.82) is 0 Å². The summed E-state index contributed by atoms with van der Waals surface area (Å²) in [6.07, 6.45) is 1.50. The summed E-state index contributed by atoms with van der Waals surface area (Å²) in [7, 11) is -3.52. The largest absolute Gasteiger partial charge is 0.330 e. The van der Waals surface area contributed by atoms with E-state index in [2.05, 4.69) is 0 Å². The maximum absolute atomic E-state index is 12.9. The lowest BCUT2D eigenvalue weighted by Gasteiger charge is -2.22. The molecular formula is C16H23N3O3S. The van der Waals surface area contributed by atoms with Crippen molar-refractivity contribution in [1.82, 2.24) is 4.31 Å². The van der Waals surface area contributed by atoms with Gasteiger partial charge in [0.15, 0.2) is 0 Å². The molecule has 0 radical (unpaired) electrons. The van der Waals surface area contributed by atoms with Crippen molar-refractivity contribution in [3.63, 3.8) is 0 Å². The molecule has 0 bridgehead atoms. The van der Waals surface area contributed by atoms with Crippen molar-refractivity contribution in [3.05, 3.63) is 23.8 Å². The summed E-state index contributed by atoms with van der Waals surface area (Å²) in [6.45, 7) is 5.06. The summed E-state index contributed by atoms with van der Waals surface area (Å²) >= 11 is 0. The molecule has 0 aromatic heterocycles. The summed E-state index contributed by atoms with van der Waals surface area (Å²) in [5.41, 5.74) is 7.44. The van der Waals surface area contributed by atoms with Gasteiger partial charge in [-0.05, 0) is 56.0 Å². The molecule has 1 saturated heterocycles. The zero-order chi connectivity index (χ0) is 16.8. The number of benzene rings is 1. The van der Waals surface area contributed by atoms with E-state index in [1.54, 1.807) is 27.4 Å². The molecule has 2 aliphatic heterocycles. The van der Waals surface area contributed by atoms with Crippen molar-refractivity contribution >= 4 is 21.6 Å². The van der Waals surface area contributed by atoms with E-state index in [1.807, 2.05) is 6.92 Å². The van der Waals surface area contributed by atoms with Crippen LogP contribution >= 0.6 is 0 Å². The lowest BCUT2D eigenvalue weighted by atomic mass is 10.1. The van der Waals surface area contributed by atoms with Crippen LogP contribution < -0.4 is 10.6 Å². The van der Waals surface area contributed by atoms with Crippen LogP contribution in [-0.2, 0) is 21.2 Å². The molecule has 0 spiro atoms. The number of anilines is 1. The van der Waals surface area contributed by atoms with Crippen LogP contribution in [0.1, 0.15) is 25.8 Å². The number of carbonyl (C=O) groups excluding carboxylic acids is 1. The summed E-state index contributed by atoms with van der Waals surface area (Å²) in [5, 5.41) is 0. The van der Waals surface area contributed by atoms with Gasteiger partial charge >= 0.3 is 0 Å². The molecule has 1 aromatic rings. The van der Waals surface area contributed by atoms with Crippen LogP contribution in [0, 0.1) is 5.92 Å². The molecule has 1 amide bonds. The normalized spacial score (nSPS) is 24.9. The van der Waals surface area contributed by atoms with Gasteiger partial charge in [-0.15, -0.1) is 0 Å². The Kier molecular flexibility index (Phi) is 4.20. The van der Waals surface area contributed by atoms with E-state index >= 15 is 0 Å². The number of fused-ring (bicyclic) bond motifs is 1. The molecule has 2 heterocycles. The van der Waals surface area contributed by atoms with E-state index in [9.17, 15) is 13.2 Å². The molecule has 1 fully saturated rings. The average Bonchev–Trinajstić information content (AvgIpc) is 3.09. The minimum Gasteiger partial charge on any atom is -0.330 e. The minimum atomic E-state index is -3.52. The van der Waals surface area contributed by atoms with Gasteiger partial charge in [0.2, 0.25) is 15.9 Å². The molecule has 2 aliphatic rings. The first kappa shape index (κ1) is 16.4. The number of hydrogen-bond donors (Lipinski definition) is 1. The van der Waals surface area contributed by atoms with Crippen LogP contribution in [0.3, 0.4) is 0 Å². The molecular weight excluding hydrogens is 314 g/mol. The molecule has 126 valence electrons. The third-order valence-electron chi connectivity index (χ3n) is 4.87. The Morgan fingerprint density at radius 3 is 2.74 bits per heavy atom. The maximum atomic E-state index is 12.9. The number of rotatable bonds is 3.